The monoisotopic (exact) mass is 695 g/mol. The maximum absolute atomic E-state index is 10.1. The SMILES string of the molecule is COc1ccc(CN(Cc2ccc(OC)cc2)c2nc3cc(C=Nc4ccc5ccccc5c4C#N)n(COCC[Si](C)(C)C)c3cc2C)cc1. The number of benzene rings is 4. The zero-order valence-corrected chi connectivity index (χ0v) is 31.3. The number of pyridine rings is 1. The van der Waals surface area contributed by atoms with Crippen LogP contribution in [-0.2, 0) is 24.6 Å². The molecule has 0 atom stereocenters. The van der Waals surface area contributed by atoms with E-state index in [0.29, 0.717) is 37.7 Å². The molecule has 0 saturated heterocycles. The number of hydrogen-bond donors (Lipinski definition) is 0. The highest BCUT2D eigenvalue weighted by atomic mass is 28.3. The van der Waals surface area contributed by atoms with Crippen LogP contribution in [0, 0.1) is 18.3 Å². The second-order valence-electron chi connectivity index (χ2n) is 14.0. The Morgan fingerprint density at radius 3 is 2.12 bits per heavy atom. The van der Waals surface area contributed by atoms with Crippen LogP contribution in [0.1, 0.15) is 27.9 Å². The maximum Gasteiger partial charge on any atom is 0.132 e. The van der Waals surface area contributed by atoms with Crippen LogP contribution in [0.3, 0.4) is 0 Å². The first-order chi connectivity index (χ1) is 24.6. The highest BCUT2D eigenvalue weighted by Crippen LogP contribution is 2.31. The van der Waals surface area contributed by atoms with Crippen LogP contribution in [0.25, 0.3) is 21.8 Å². The molecule has 0 amide bonds. The van der Waals surface area contributed by atoms with E-state index in [4.69, 9.17) is 24.2 Å². The zero-order chi connectivity index (χ0) is 36.0. The van der Waals surface area contributed by atoms with Crippen LogP contribution >= 0.6 is 0 Å². The average molecular weight is 696 g/mol. The number of anilines is 1. The van der Waals surface area contributed by atoms with E-state index in [1.54, 1.807) is 14.2 Å². The minimum atomic E-state index is -1.27. The molecule has 260 valence electrons. The van der Waals surface area contributed by atoms with E-state index in [-0.39, 0.29) is 0 Å². The van der Waals surface area contributed by atoms with Gasteiger partial charge in [-0.3, -0.25) is 4.99 Å². The molecule has 6 rings (SSSR count). The summed E-state index contributed by atoms with van der Waals surface area (Å²) in [6, 6.07) is 35.9. The standard InChI is InChI=1S/C42H45N5O3Si/c1-30-23-41-40(45-42(30)46(27-31-11-16-35(48-2)17-12-31)28-32-13-18-36(49-3)19-14-32)24-34(47(41)29-50-21-22-51(4,5)6)26-44-39-20-15-33-9-7-8-10-37(33)38(39)25-43/h7-20,23-24,26H,21-22,27-29H2,1-6H3. The molecule has 0 aliphatic heterocycles. The molecule has 0 unspecified atom stereocenters. The van der Waals surface area contributed by atoms with E-state index in [9.17, 15) is 5.26 Å². The highest BCUT2D eigenvalue weighted by Gasteiger charge is 2.19. The number of nitriles is 1. The number of ether oxygens (including phenoxy) is 3. The van der Waals surface area contributed by atoms with Crippen molar-refractivity contribution in [1.82, 2.24) is 9.55 Å². The van der Waals surface area contributed by atoms with Crippen molar-refractivity contribution in [1.29, 1.82) is 5.26 Å². The average Bonchev–Trinajstić information content (AvgIpc) is 3.47. The van der Waals surface area contributed by atoms with Crippen LogP contribution in [0.4, 0.5) is 11.5 Å². The van der Waals surface area contributed by atoms with E-state index in [1.165, 1.54) is 0 Å². The smallest absolute Gasteiger partial charge is 0.132 e. The van der Waals surface area contributed by atoms with E-state index < -0.39 is 8.07 Å². The number of aromatic nitrogens is 2. The molecule has 0 radical (unpaired) electrons. The van der Waals surface area contributed by atoms with Gasteiger partial charge >= 0.3 is 0 Å². The van der Waals surface area contributed by atoms with Crippen molar-refractivity contribution in [3.8, 4) is 17.6 Å². The molecular weight excluding hydrogens is 651 g/mol. The second kappa shape index (κ2) is 15.6. The summed E-state index contributed by atoms with van der Waals surface area (Å²) in [7, 11) is 2.09. The summed E-state index contributed by atoms with van der Waals surface area (Å²) < 4.78 is 19.3. The number of aliphatic imine (C=N–C) groups is 1. The fraction of sp³-hybridized carbons (Fsp3) is 0.262. The molecule has 0 fully saturated rings. The topological polar surface area (TPSA) is 84.9 Å². The summed E-state index contributed by atoms with van der Waals surface area (Å²) in [4.78, 5) is 12.5. The number of rotatable bonds is 14. The van der Waals surface area contributed by atoms with Gasteiger partial charge in [-0.25, -0.2) is 4.98 Å². The summed E-state index contributed by atoms with van der Waals surface area (Å²) in [5.41, 5.74) is 7.21. The lowest BCUT2D eigenvalue weighted by molar-refractivity contribution is 0.0900. The molecular formula is C42H45N5O3Si. The van der Waals surface area contributed by atoms with Crippen molar-refractivity contribution < 1.29 is 14.2 Å². The Kier molecular flexibility index (Phi) is 10.8. The number of nitrogens with zero attached hydrogens (tertiary/aromatic N) is 5. The lowest BCUT2D eigenvalue weighted by Gasteiger charge is -2.26. The number of methoxy groups -OCH3 is 2. The molecule has 0 aliphatic rings. The van der Waals surface area contributed by atoms with Crippen LogP contribution in [0.15, 0.2) is 102 Å². The molecule has 51 heavy (non-hydrogen) atoms. The molecule has 4 aromatic carbocycles. The van der Waals surface area contributed by atoms with Gasteiger partial charge in [0.1, 0.15) is 30.1 Å². The molecule has 8 nitrogen and oxygen atoms in total. The third-order valence-corrected chi connectivity index (χ3v) is 10.7. The van der Waals surface area contributed by atoms with E-state index >= 15 is 0 Å². The van der Waals surface area contributed by atoms with E-state index in [1.807, 2.05) is 66.9 Å². The molecule has 0 saturated carbocycles. The van der Waals surface area contributed by atoms with Gasteiger partial charge in [-0.15, -0.1) is 0 Å². The summed E-state index contributed by atoms with van der Waals surface area (Å²) in [6.07, 6.45) is 1.83. The van der Waals surface area contributed by atoms with Crippen LogP contribution < -0.4 is 14.4 Å². The van der Waals surface area contributed by atoms with Gasteiger partial charge in [0.25, 0.3) is 0 Å². The molecule has 6 aromatic rings. The van der Waals surface area contributed by atoms with Crippen molar-refractivity contribution in [2.24, 2.45) is 4.99 Å². The molecule has 2 aromatic heterocycles. The first-order valence-corrected chi connectivity index (χ1v) is 20.9. The van der Waals surface area contributed by atoms with Crippen LogP contribution in [0.2, 0.25) is 25.7 Å². The third kappa shape index (κ3) is 8.48. The Balaban J connectivity index is 1.40. The number of aryl methyl sites for hydroxylation is 1. The predicted molar refractivity (Wildman–Crippen MR) is 210 cm³/mol. The normalized spacial score (nSPS) is 11.7. The van der Waals surface area contributed by atoms with Crippen LogP contribution in [0.5, 0.6) is 11.5 Å². The van der Waals surface area contributed by atoms with Gasteiger partial charge in [0.15, 0.2) is 0 Å². The molecule has 0 N–H and O–H groups in total. The number of fused-ring (bicyclic) bond motifs is 2. The van der Waals surface area contributed by atoms with Crippen LogP contribution in [-0.4, -0.2) is 44.7 Å². The van der Waals surface area contributed by atoms with Crippen molar-refractivity contribution in [3.05, 3.63) is 125 Å². The molecule has 9 heteroatoms. The van der Waals surface area contributed by atoms with E-state index in [2.05, 4.69) is 78.5 Å². The van der Waals surface area contributed by atoms with Crippen molar-refractivity contribution in [2.75, 3.05) is 25.7 Å². The van der Waals surface area contributed by atoms with Gasteiger partial charge in [0.05, 0.1) is 48.4 Å². The fourth-order valence-electron chi connectivity index (χ4n) is 6.12. The predicted octanol–water partition coefficient (Wildman–Crippen LogP) is 9.66. The highest BCUT2D eigenvalue weighted by molar-refractivity contribution is 6.76. The van der Waals surface area contributed by atoms with Crippen molar-refractivity contribution in [2.45, 2.75) is 52.4 Å². The van der Waals surface area contributed by atoms with Gasteiger partial charge < -0.3 is 23.7 Å². The minimum absolute atomic E-state index is 0.375. The molecule has 0 aliphatic carbocycles. The Morgan fingerprint density at radius 1 is 0.863 bits per heavy atom. The van der Waals surface area contributed by atoms with Gasteiger partial charge in [0.2, 0.25) is 0 Å². The quantitative estimate of drug-likeness (QED) is 0.0641. The minimum Gasteiger partial charge on any atom is -0.497 e. The van der Waals surface area contributed by atoms with Gasteiger partial charge in [-0.2, -0.15) is 5.26 Å². The van der Waals surface area contributed by atoms with Crippen molar-refractivity contribution >= 4 is 47.6 Å². The van der Waals surface area contributed by atoms with Crippen molar-refractivity contribution in [3.63, 3.8) is 0 Å². The Bertz CT molecular complexity index is 2150. The summed E-state index contributed by atoms with van der Waals surface area (Å²) in [5.74, 6) is 2.55. The Hall–Kier alpha value is -5.43. The largest absolute Gasteiger partial charge is 0.497 e. The first kappa shape index (κ1) is 35.4. The summed E-state index contributed by atoms with van der Waals surface area (Å²) in [5, 5.41) is 12.0. The fourth-order valence-corrected chi connectivity index (χ4v) is 6.87. The molecule has 0 spiro atoms. The summed E-state index contributed by atoms with van der Waals surface area (Å²) >= 11 is 0. The van der Waals surface area contributed by atoms with Gasteiger partial charge in [0, 0.05) is 33.2 Å². The number of hydrogen-bond acceptors (Lipinski definition) is 7. The molecule has 0 bridgehead atoms. The van der Waals surface area contributed by atoms with Gasteiger partial charge in [-0.1, -0.05) is 74.2 Å². The Labute approximate surface area is 301 Å². The van der Waals surface area contributed by atoms with E-state index in [0.717, 1.165) is 67.6 Å². The second-order valence-corrected chi connectivity index (χ2v) is 19.6. The molecule has 2 heterocycles. The lowest BCUT2D eigenvalue weighted by atomic mass is 10.0. The van der Waals surface area contributed by atoms with Gasteiger partial charge in [-0.05, 0) is 77.5 Å². The lowest BCUT2D eigenvalue weighted by Crippen LogP contribution is -2.24. The Morgan fingerprint density at radius 2 is 1.51 bits per heavy atom. The summed E-state index contributed by atoms with van der Waals surface area (Å²) in [6.45, 7) is 11.6. The zero-order valence-electron chi connectivity index (χ0n) is 30.3. The first-order valence-electron chi connectivity index (χ1n) is 17.2. The third-order valence-electron chi connectivity index (χ3n) is 9.02. The maximum atomic E-state index is 10.1.